The van der Waals surface area contributed by atoms with Crippen LogP contribution in [0.15, 0.2) is 18.2 Å². The fourth-order valence-electron chi connectivity index (χ4n) is 4.39. The minimum absolute atomic E-state index is 0.186. The van der Waals surface area contributed by atoms with E-state index in [-0.39, 0.29) is 5.91 Å². The predicted octanol–water partition coefficient (Wildman–Crippen LogP) is 2.95. The first-order valence-electron chi connectivity index (χ1n) is 9.32. The van der Waals surface area contributed by atoms with Gasteiger partial charge in [0, 0.05) is 37.8 Å². The van der Waals surface area contributed by atoms with Crippen molar-refractivity contribution in [2.45, 2.75) is 38.6 Å². The van der Waals surface area contributed by atoms with Crippen LogP contribution in [0.3, 0.4) is 0 Å². The number of amides is 1. The van der Waals surface area contributed by atoms with Gasteiger partial charge >= 0.3 is 0 Å². The molecule has 24 heavy (non-hydrogen) atoms. The summed E-state index contributed by atoms with van der Waals surface area (Å²) in [5.74, 6) is 2.60. The molecule has 4 nitrogen and oxygen atoms in total. The molecule has 1 amide bonds. The fourth-order valence-corrected chi connectivity index (χ4v) is 4.39. The van der Waals surface area contributed by atoms with Crippen LogP contribution in [0, 0.1) is 18.8 Å². The van der Waals surface area contributed by atoms with Gasteiger partial charge in [-0.3, -0.25) is 9.69 Å². The number of rotatable bonds is 4. The van der Waals surface area contributed by atoms with E-state index in [1.54, 1.807) is 7.11 Å². The van der Waals surface area contributed by atoms with E-state index in [2.05, 4.69) is 9.80 Å². The molecule has 4 fully saturated rings. The summed E-state index contributed by atoms with van der Waals surface area (Å²) < 4.78 is 5.31. The number of methoxy groups -OCH3 is 1. The van der Waals surface area contributed by atoms with Gasteiger partial charge in [0.25, 0.3) is 5.91 Å². The molecule has 1 aliphatic carbocycles. The summed E-state index contributed by atoms with van der Waals surface area (Å²) in [6.07, 6.45) is 5.34. The zero-order chi connectivity index (χ0) is 16.7. The van der Waals surface area contributed by atoms with Gasteiger partial charge in [-0.15, -0.1) is 0 Å². The van der Waals surface area contributed by atoms with Crippen molar-refractivity contribution in [3.05, 3.63) is 29.3 Å². The first-order chi connectivity index (χ1) is 11.6. The van der Waals surface area contributed by atoms with Crippen LogP contribution < -0.4 is 4.74 Å². The number of piperidine rings is 1. The molecule has 130 valence electrons. The quantitative estimate of drug-likeness (QED) is 0.852. The number of hydrogen-bond donors (Lipinski definition) is 0. The number of nitrogens with zero attached hydrogens (tertiary/aromatic N) is 2. The Balaban J connectivity index is 1.49. The maximum atomic E-state index is 13.0. The van der Waals surface area contributed by atoms with Gasteiger partial charge in [-0.1, -0.05) is 0 Å². The normalized spacial score (nSPS) is 27.2. The highest BCUT2D eigenvalue weighted by Crippen LogP contribution is 2.35. The maximum absolute atomic E-state index is 13.0. The fraction of sp³-hybridized carbons (Fsp3) is 0.650. The Bertz CT molecular complexity index is 626. The molecule has 4 aliphatic rings. The van der Waals surface area contributed by atoms with Gasteiger partial charge in [0.15, 0.2) is 0 Å². The van der Waals surface area contributed by atoms with Crippen LogP contribution in [0.25, 0.3) is 0 Å². The van der Waals surface area contributed by atoms with E-state index in [9.17, 15) is 4.79 Å². The molecule has 1 saturated carbocycles. The van der Waals surface area contributed by atoms with Crippen LogP contribution in [0.2, 0.25) is 0 Å². The molecule has 4 heteroatoms. The lowest BCUT2D eigenvalue weighted by atomic mass is 9.95. The molecule has 5 rings (SSSR count). The number of carbonyl (C=O) groups excluding carboxylic acids is 1. The van der Waals surface area contributed by atoms with Gasteiger partial charge in [-0.25, -0.2) is 0 Å². The van der Waals surface area contributed by atoms with Gasteiger partial charge in [0.05, 0.1) is 7.11 Å². The van der Waals surface area contributed by atoms with Crippen LogP contribution in [-0.4, -0.2) is 55.0 Å². The minimum Gasteiger partial charge on any atom is -0.496 e. The molecule has 2 atom stereocenters. The predicted molar refractivity (Wildman–Crippen MR) is 94.4 cm³/mol. The summed E-state index contributed by atoms with van der Waals surface area (Å²) in [7, 11) is 1.67. The van der Waals surface area contributed by atoms with Gasteiger partial charge < -0.3 is 9.64 Å². The average molecular weight is 328 g/mol. The highest BCUT2D eigenvalue weighted by atomic mass is 16.5. The Morgan fingerprint density at radius 3 is 2.71 bits per heavy atom. The topological polar surface area (TPSA) is 32.8 Å². The van der Waals surface area contributed by atoms with E-state index < -0.39 is 0 Å². The number of carbonyl (C=O) groups is 1. The van der Waals surface area contributed by atoms with E-state index >= 15 is 0 Å². The Morgan fingerprint density at radius 2 is 2.00 bits per heavy atom. The first kappa shape index (κ1) is 15.9. The van der Waals surface area contributed by atoms with Crippen LogP contribution in [0.5, 0.6) is 5.75 Å². The van der Waals surface area contributed by atoms with Crippen molar-refractivity contribution in [3.8, 4) is 5.75 Å². The third kappa shape index (κ3) is 3.16. The highest BCUT2D eigenvalue weighted by Gasteiger charge is 2.38. The highest BCUT2D eigenvalue weighted by molar-refractivity contribution is 5.94. The van der Waals surface area contributed by atoms with Gasteiger partial charge in [0.2, 0.25) is 0 Å². The average Bonchev–Trinajstić information content (AvgIpc) is 3.41. The molecule has 0 aromatic heterocycles. The van der Waals surface area contributed by atoms with Crippen LogP contribution in [-0.2, 0) is 0 Å². The largest absolute Gasteiger partial charge is 0.496 e. The number of ether oxygens (including phenoxy) is 1. The number of fused-ring (bicyclic) bond motifs is 4. The first-order valence-corrected chi connectivity index (χ1v) is 9.32. The van der Waals surface area contributed by atoms with Crippen molar-refractivity contribution in [2.75, 3.05) is 33.3 Å². The zero-order valence-corrected chi connectivity index (χ0v) is 14.8. The minimum atomic E-state index is 0.186. The van der Waals surface area contributed by atoms with Crippen molar-refractivity contribution < 1.29 is 9.53 Å². The van der Waals surface area contributed by atoms with Crippen molar-refractivity contribution in [1.29, 1.82) is 0 Å². The Kier molecular flexibility index (Phi) is 4.25. The lowest BCUT2D eigenvalue weighted by Crippen LogP contribution is -2.45. The second kappa shape index (κ2) is 6.40. The molecule has 3 saturated heterocycles. The number of hydrogen-bond acceptors (Lipinski definition) is 3. The summed E-state index contributed by atoms with van der Waals surface area (Å²) in [6, 6.07) is 6.35. The van der Waals surface area contributed by atoms with Gasteiger partial charge in [-0.05, 0) is 68.2 Å². The van der Waals surface area contributed by atoms with E-state index in [1.165, 1.54) is 38.8 Å². The Hall–Kier alpha value is -1.55. The van der Waals surface area contributed by atoms with Crippen LogP contribution in [0.4, 0.5) is 0 Å². The lowest BCUT2D eigenvalue weighted by Gasteiger charge is -2.36. The monoisotopic (exact) mass is 328 g/mol. The molecule has 1 aromatic rings. The lowest BCUT2D eigenvalue weighted by molar-refractivity contribution is 0.0736. The third-order valence-corrected chi connectivity index (χ3v) is 5.95. The molecule has 0 unspecified atom stereocenters. The summed E-state index contributed by atoms with van der Waals surface area (Å²) in [5.41, 5.74) is 1.82. The summed E-state index contributed by atoms with van der Waals surface area (Å²) >= 11 is 0. The Morgan fingerprint density at radius 1 is 1.17 bits per heavy atom. The van der Waals surface area contributed by atoms with Gasteiger partial charge in [-0.2, -0.15) is 0 Å². The summed E-state index contributed by atoms with van der Waals surface area (Å²) in [6.45, 7) is 6.26. The molecule has 0 N–H and O–H groups in total. The SMILES string of the molecule is COc1ccc(C(=O)N2C[C@@H]3CC[C@H](C2)N(CC2CC2)C3)cc1C. The van der Waals surface area contributed by atoms with Crippen molar-refractivity contribution >= 4 is 5.91 Å². The van der Waals surface area contributed by atoms with Gasteiger partial charge in [0.1, 0.15) is 5.75 Å². The van der Waals surface area contributed by atoms with Crippen molar-refractivity contribution in [2.24, 2.45) is 11.8 Å². The second-order valence-electron chi connectivity index (χ2n) is 7.89. The second-order valence-corrected chi connectivity index (χ2v) is 7.89. The molecule has 2 bridgehead atoms. The molecule has 3 aliphatic heterocycles. The Labute approximate surface area is 144 Å². The van der Waals surface area contributed by atoms with E-state index in [0.29, 0.717) is 12.0 Å². The molecule has 0 radical (unpaired) electrons. The molecule has 1 aromatic carbocycles. The number of benzene rings is 1. The summed E-state index contributed by atoms with van der Waals surface area (Å²) in [4.78, 5) is 17.8. The molecular formula is C20H28N2O2. The smallest absolute Gasteiger partial charge is 0.253 e. The number of aryl methyl sites for hydroxylation is 1. The molecular weight excluding hydrogens is 300 g/mol. The van der Waals surface area contributed by atoms with Crippen molar-refractivity contribution in [3.63, 3.8) is 0 Å². The third-order valence-electron chi connectivity index (χ3n) is 5.95. The van der Waals surface area contributed by atoms with Crippen molar-refractivity contribution in [1.82, 2.24) is 9.80 Å². The molecule has 0 spiro atoms. The van der Waals surface area contributed by atoms with Crippen LogP contribution >= 0.6 is 0 Å². The standard InChI is InChI=1S/C20H28N2O2/c1-14-9-17(6-8-19(14)24-2)20(23)22-12-16-5-7-18(13-22)21(11-16)10-15-3-4-15/h6,8-9,15-16,18H,3-5,7,10-13H2,1-2H3/t16-,18-/m1/s1. The molecule has 3 heterocycles. The van der Waals surface area contributed by atoms with E-state index in [1.807, 2.05) is 25.1 Å². The zero-order valence-electron chi connectivity index (χ0n) is 14.8. The summed E-state index contributed by atoms with van der Waals surface area (Å²) in [5, 5.41) is 0. The maximum Gasteiger partial charge on any atom is 0.253 e. The van der Waals surface area contributed by atoms with Crippen LogP contribution in [0.1, 0.15) is 41.6 Å². The van der Waals surface area contributed by atoms with E-state index in [0.717, 1.165) is 35.9 Å². The van der Waals surface area contributed by atoms with E-state index in [4.69, 9.17) is 4.74 Å².